The van der Waals surface area contributed by atoms with Crippen LogP contribution in [0.25, 0.3) is 0 Å². The third-order valence-corrected chi connectivity index (χ3v) is 4.37. The zero-order chi connectivity index (χ0) is 12.1. The van der Waals surface area contributed by atoms with Crippen molar-refractivity contribution in [2.45, 2.75) is 76.9 Å². The maximum atomic E-state index is 6.33. The molecule has 1 atom stereocenters. The largest absolute Gasteiger partial charge is 0.370 e. The van der Waals surface area contributed by atoms with Gasteiger partial charge in [0.25, 0.3) is 0 Å². The first-order valence-electron chi connectivity index (χ1n) is 7.59. The van der Waals surface area contributed by atoms with E-state index in [4.69, 9.17) is 4.74 Å². The van der Waals surface area contributed by atoms with E-state index in [0.717, 1.165) is 19.0 Å². The summed E-state index contributed by atoms with van der Waals surface area (Å²) in [6.07, 6.45) is 11.2. The van der Waals surface area contributed by atoms with Gasteiger partial charge in [-0.25, -0.2) is 0 Å². The van der Waals surface area contributed by atoms with Crippen molar-refractivity contribution in [3.05, 3.63) is 0 Å². The lowest BCUT2D eigenvalue weighted by Crippen LogP contribution is -2.35. The summed E-state index contributed by atoms with van der Waals surface area (Å²) < 4.78 is 6.33. The topological polar surface area (TPSA) is 21.3 Å². The second-order valence-electron chi connectivity index (χ2n) is 6.41. The third kappa shape index (κ3) is 3.96. The zero-order valence-electron chi connectivity index (χ0n) is 11.6. The van der Waals surface area contributed by atoms with E-state index < -0.39 is 0 Å². The summed E-state index contributed by atoms with van der Waals surface area (Å²) in [7, 11) is 0. The first-order valence-corrected chi connectivity index (χ1v) is 7.59. The van der Waals surface area contributed by atoms with Crippen molar-refractivity contribution >= 4 is 0 Å². The van der Waals surface area contributed by atoms with Gasteiger partial charge in [-0.15, -0.1) is 0 Å². The van der Waals surface area contributed by atoms with E-state index >= 15 is 0 Å². The fourth-order valence-electron chi connectivity index (χ4n) is 3.26. The van der Waals surface area contributed by atoms with Crippen molar-refractivity contribution in [1.82, 2.24) is 5.32 Å². The van der Waals surface area contributed by atoms with E-state index in [1.807, 2.05) is 0 Å². The monoisotopic (exact) mass is 239 g/mol. The second-order valence-corrected chi connectivity index (χ2v) is 6.41. The van der Waals surface area contributed by atoms with E-state index in [1.165, 1.54) is 51.4 Å². The second kappa shape index (κ2) is 6.19. The Balaban J connectivity index is 1.64. The average Bonchev–Trinajstić information content (AvgIpc) is 2.69. The highest BCUT2D eigenvalue weighted by molar-refractivity contribution is 4.91. The van der Waals surface area contributed by atoms with Gasteiger partial charge in [0, 0.05) is 6.54 Å². The molecule has 1 saturated carbocycles. The summed E-state index contributed by atoms with van der Waals surface area (Å²) in [5, 5.41) is 3.56. The van der Waals surface area contributed by atoms with Gasteiger partial charge >= 0.3 is 0 Å². The van der Waals surface area contributed by atoms with Crippen LogP contribution in [0.15, 0.2) is 0 Å². The van der Waals surface area contributed by atoms with Gasteiger partial charge in [-0.3, -0.25) is 0 Å². The van der Waals surface area contributed by atoms with Crippen LogP contribution in [0.4, 0.5) is 0 Å². The molecule has 2 heteroatoms. The third-order valence-electron chi connectivity index (χ3n) is 4.37. The molecule has 1 aliphatic carbocycles. The van der Waals surface area contributed by atoms with Gasteiger partial charge in [-0.2, -0.15) is 0 Å². The minimum atomic E-state index is 0.294. The molecule has 2 aliphatic rings. The van der Waals surface area contributed by atoms with Crippen LogP contribution in [-0.2, 0) is 4.74 Å². The predicted molar refractivity (Wildman–Crippen MR) is 72.2 cm³/mol. The van der Waals surface area contributed by atoms with E-state index in [0.29, 0.717) is 11.7 Å². The highest BCUT2D eigenvalue weighted by Gasteiger charge is 2.40. The van der Waals surface area contributed by atoms with Crippen LogP contribution in [0.2, 0.25) is 0 Å². The number of nitrogens with one attached hydrogen (secondary N) is 1. The maximum absolute atomic E-state index is 6.33. The average molecular weight is 239 g/mol. The Morgan fingerprint density at radius 2 is 1.94 bits per heavy atom. The number of ether oxygens (including phenoxy) is 1. The molecule has 1 aliphatic heterocycles. The van der Waals surface area contributed by atoms with E-state index in [-0.39, 0.29) is 0 Å². The Bertz CT molecular complexity index is 221. The molecular weight excluding hydrogens is 210 g/mol. The summed E-state index contributed by atoms with van der Waals surface area (Å²) in [5.41, 5.74) is 0.294. The molecule has 17 heavy (non-hydrogen) atoms. The summed E-state index contributed by atoms with van der Waals surface area (Å²) in [6.45, 7) is 6.77. The van der Waals surface area contributed by atoms with E-state index in [1.54, 1.807) is 0 Å². The molecule has 0 bridgehead atoms. The lowest BCUT2D eigenvalue weighted by atomic mass is 9.83. The number of rotatable bonds is 5. The van der Waals surface area contributed by atoms with Crippen molar-refractivity contribution in [2.24, 2.45) is 5.92 Å². The minimum absolute atomic E-state index is 0.294. The van der Waals surface area contributed by atoms with Crippen molar-refractivity contribution in [1.29, 1.82) is 0 Å². The van der Waals surface area contributed by atoms with Gasteiger partial charge in [0.05, 0.1) is 11.7 Å². The molecule has 1 N–H and O–H groups in total. The fraction of sp³-hybridized carbons (Fsp3) is 1.00. The molecule has 2 nitrogen and oxygen atoms in total. The van der Waals surface area contributed by atoms with Gasteiger partial charge in [-0.1, -0.05) is 33.1 Å². The van der Waals surface area contributed by atoms with Crippen LogP contribution in [0.3, 0.4) is 0 Å². The van der Waals surface area contributed by atoms with Crippen LogP contribution in [0.1, 0.15) is 65.2 Å². The Morgan fingerprint density at radius 1 is 1.18 bits per heavy atom. The Morgan fingerprint density at radius 3 is 2.65 bits per heavy atom. The van der Waals surface area contributed by atoms with Crippen molar-refractivity contribution < 1.29 is 4.74 Å². The quantitative estimate of drug-likeness (QED) is 0.741. The molecule has 0 aromatic rings. The summed E-state index contributed by atoms with van der Waals surface area (Å²) in [5.74, 6) is 0.802. The summed E-state index contributed by atoms with van der Waals surface area (Å²) in [4.78, 5) is 0. The van der Waals surface area contributed by atoms with Crippen LogP contribution in [0.5, 0.6) is 0 Å². The molecule has 0 radical (unpaired) electrons. The standard InChI is InChI=1S/C15H29NO/c1-13(2)7-11-16-12-14-6-10-15(17-14)8-4-3-5-9-15/h13-14,16H,3-12H2,1-2H3. The Labute approximate surface area is 107 Å². The molecule has 1 heterocycles. The molecule has 0 aromatic carbocycles. The molecule has 100 valence electrons. The lowest BCUT2D eigenvalue weighted by molar-refractivity contribution is -0.0623. The SMILES string of the molecule is CC(C)CCNCC1CCC2(CCCCC2)O1. The molecule has 0 aromatic heterocycles. The smallest absolute Gasteiger partial charge is 0.0708 e. The molecule has 1 saturated heterocycles. The van der Waals surface area contributed by atoms with Crippen molar-refractivity contribution in [2.75, 3.05) is 13.1 Å². The highest BCUT2D eigenvalue weighted by atomic mass is 16.5. The summed E-state index contributed by atoms with van der Waals surface area (Å²) in [6, 6.07) is 0. The van der Waals surface area contributed by atoms with Gasteiger partial charge in [0.1, 0.15) is 0 Å². The highest BCUT2D eigenvalue weighted by Crippen LogP contribution is 2.41. The van der Waals surface area contributed by atoms with Crippen molar-refractivity contribution in [3.63, 3.8) is 0 Å². The van der Waals surface area contributed by atoms with E-state index in [2.05, 4.69) is 19.2 Å². The number of hydrogen-bond acceptors (Lipinski definition) is 2. The van der Waals surface area contributed by atoms with Crippen LogP contribution < -0.4 is 5.32 Å². The van der Waals surface area contributed by atoms with E-state index in [9.17, 15) is 0 Å². The lowest BCUT2D eigenvalue weighted by Gasteiger charge is -2.33. The first-order chi connectivity index (χ1) is 8.20. The van der Waals surface area contributed by atoms with Crippen LogP contribution >= 0.6 is 0 Å². The van der Waals surface area contributed by atoms with Crippen LogP contribution in [0, 0.1) is 5.92 Å². The number of hydrogen-bond donors (Lipinski definition) is 1. The van der Waals surface area contributed by atoms with Gasteiger partial charge in [-0.05, 0) is 44.6 Å². The zero-order valence-corrected chi connectivity index (χ0v) is 11.6. The predicted octanol–water partition coefficient (Wildman–Crippen LogP) is 3.50. The summed E-state index contributed by atoms with van der Waals surface area (Å²) >= 11 is 0. The minimum Gasteiger partial charge on any atom is -0.370 e. The van der Waals surface area contributed by atoms with Crippen molar-refractivity contribution in [3.8, 4) is 0 Å². The maximum Gasteiger partial charge on any atom is 0.0708 e. The van der Waals surface area contributed by atoms with Gasteiger partial charge in [0.15, 0.2) is 0 Å². The normalized spacial score (nSPS) is 28.1. The molecule has 0 amide bonds. The fourth-order valence-corrected chi connectivity index (χ4v) is 3.26. The molecule has 1 unspecified atom stereocenters. The molecule has 2 rings (SSSR count). The first kappa shape index (κ1) is 13.4. The van der Waals surface area contributed by atoms with Gasteiger partial charge < -0.3 is 10.1 Å². The van der Waals surface area contributed by atoms with Gasteiger partial charge in [0.2, 0.25) is 0 Å². The Hall–Kier alpha value is -0.0800. The van der Waals surface area contributed by atoms with Crippen LogP contribution in [-0.4, -0.2) is 24.8 Å². The molecular formula is C15H29NO. The Kier molecular flexibility index (Phi) is 4.87. The molecule has 1 spiro atoms. The molecule has 2 fully saturated rings.